The molecule has 10 atom stereocenters. The molecule has 0 unspecified atom stereocenters. The van der Waals surface area contributed by atoms with Gasteiger partial charge in [0.25, 0.3) is 0 Å². The predicted molar refractivity (Wildman–Crippen MR) is 254 cm³/mol. The molecular formula is C45H67N11O14S. The van der Waals surface area contributed by atoms with Gasteiger partial charge in [0.1, 0.15) is 42.0 Å². The first-order valence-corrected chi connectivity index (χ1v) is 24.7. The van der Waals surface area contributed by atoms with Gasteiger partial charge in [-0.3, -0.25) is 43.2 Å². The summed E-state index contributed by atoms with van der Waals surface area (Å²) in [6.07, 6.45) is -0.728. The Bertz CT molecular complexity index is 2270. The van der Waals surface area contributed by atoms with E-state index in [2.05, 4.69) is 47.0 Å². The van der Waals surface area contributed by atoms with Crippen LogP contribution in [0, 0.1) is 11.8 Å². The van der Waals surface area contributed by atoms with Crippen LogP contribution in [0.2, 0.25) is 0 Å². The molecule has 3 aliphatic heterocycles. The first-order valence-electron chi connectivity index (χ1n) is 23.7. The Morgan fingerprint density at radius 1 is 0.845 bits per heavy atom. The molecule has 15 N–H and O–H groups in total. The van der Waals surface area contributed by atoms with Crippen LogP contribution in [0.1, 0.15) is 71.3 Å². The van der Waals surface area contributed by atoms with Crippen LogP contribution in [0.15, 0.2) is 23.2 Å². The highest BCUT2D eigenvalue weighted by molar-refractivity contribution is 7.99. The molecule has 4 heterocycles. The molecule has 9 amide bonds. The molecule has 1 aromatic heterocycles. The average molecular weight is 1020 g/mol. The van der Waals surface area contributed by atoms with Crippen molar-refractivity contribution in [3.8, 4) is 5.75 Å². The molecular weight excluding hydrogens is 951 g/mol. The quantitative estimate of drug-likeness (QED) is 0.0601. The smallest absolute Gasteiger partial charge is 0.246 e. The molecule has 2 aromatic rings. The maximum atomic E-state index is 14.6. The summed E-state index contributed by atoms with van der Waals surface area (Å²) in [6, 6.07) is -4.12. The van der Waals surface area contributed by atoms with E-state index in [1.54, 1.807) is 32.0 Å². The van der Waals surface area contributed by atoms with Crippen molar-refractivity contribution in [2.24, 2.45) is 23.5 Å². The number of unbranched alkanes of at least 4 members (excludes halogenated alkanes) is 3. The Labute approximate surface area is 413 Å². The fourth-order valence-electron chi connectivity index (χ4n) is 8.47. The van der Waals surface area contributed by atoms with E-state index in [1.165, 1.54) is 6.92 Å². The average Bonchev–Trinajstić information content (AvgIpc) is 3.91. The standard InChI is InChI=1S/C45H67N11O14S/c1-4-22(2)37-42(66)49-17-35(61)50-31-21-71-44-27(26-10-9-25(14-28(26)53-44)69-11-7-5-6-8-12-70-47)15-29(39(63)48-18-36(62)54-37)51-43(67)38(23(3)33(59)20-57)55-41(65)32-13-24(58)19-56(32)45(68)30(16-34(46)60)52-40(31)64/h9-10,14,22-24,29-33,37-38,53,57-59H,4-8,11-13,15-21,47H2,1-3H3,(H2,46,60)(H,48,63)(H,49,66)(H,50,61)(H,51,67)(H,52,64)(H,54,62)(H,55,65)/t22-,23-,24+,29+,30-,31-,32-,33-,37-,38-/m0/s1. The Hall–Kier alpha value is -6.06. The molecule has 3 aliphatic rings. The van der Waals surface area contributed by atoms with Gasteiger partial charge >= 0.3 is 0 Å². The van der Waals surface area contributed by atoms with Gasteiger partial charge in [0, 0.05) is 42.5 Å². The number of rotatable bonds is 15. The number of primary amides is 1. The SMILES string of the molecule is CC[C@H](C)[C@@H]1NC(=O)CNC(=O)[C@H]2Cc3c([nH]c4cc(OCCCCCCON)ccc34)SC[C@H](NC(=O)CNC1=O)C(=O)N[C@@H](CC(N)=O)C(=O)N1C[C@H](O)C[C@H]1C(=O)N[C@@H]([C@@H](C)[C@@H](O)CO)C(=O)N2. The highest BCUT2D eigenvalue weighted by Gasteiger charge is 2.45. The van der Waals surface area contributed by atoms with E-state index in [4.69, 9.17) is 16.4 Å². The lowest BCUT2D eigenvalue weighted by Gasteiger charge is -2.32. The Balaban J connectivity index is 1.67. The largest absolute Gasteiger partial charge is 0.494 e. The van der Waals surface area contributed by atoms with Crippen molar-refractivity contribution in [3.63, 3.8) is 0 Å². The Morgan fingerprint density at radius 3 is 2.21 bits per heavy atom. The molecule has 0 radical (unpaired) electrons. The van der Waals surface area contributed by atoms with Gasteiger partial charge in [-0.1, -0.05) is 33.6 Å². The van der Waals surface area contributed by atoms with Crippen LogP contribution in [0.3, 0.4) is 0 Å². The third kappa shape index (κ3) is 15.2. The first kappa shape index (κ1) is 55.9. The first-order chi connectivity index (χ1) is 33.8. The second-order valence-electron chi connectivity index (χ2n) is 18.1. The van der Waals surface area contributed by atoms with E-state index in [-0.39, 0.29) is 18.6 Å². The van der Waals surface area contributed by atoms with Gasteiger partial charge in [-0.15, -0.1) is 11.8 Å². The van der Waals surface area contributed by atoms with Gasteiger partial charge < -0.3 is 77.7 Å². The zero-order chi connectivity index (χ0) is 51.9. The van der Waals surface area contributed by atoms with Crippen molar-refractivity contribution in [2.45, 2.75) is 126 Å². The monoisotopic (exact) mass is 1020 g/mol. The highest BCUT2D eigenvalue weighted by atomic mass is 32.2. The number of nitrogens with one attached hydrogen (secondary N) is 8. The van der Waals surface area contributed by atoms with E-state index >= 15 is 0 Å². The summed E-state index contributed by atoms with van der Waals surface area (Å²) in [5.74, 6) is -4.81. The van der Waals surface area contributed by atoms with Crippen molar-refractivity contribution in [2.75, 3.05) is 45.2 Å². The van der Waals surface area contributed by atoms with E-state index < -0.39 is 146 Å². The summed E-state index contributed by atoms with van der Waals surface area (Å²) in [4.78, 5) is 134. The van der Waals surface area contributed by atoms with Crippen LogP contribution in [-0.2, 0) is 54.4 Å². The summed E-state index contributed by atoms with van der Waals surface area (Å²) < 4.78 is 6.05. The summed E-state index contributed by atoms with van der Waals surface area (Å²) in [7, 11) is 0. The van der Waals surface area contributed by atoms with Crippen LogP contribution in [0.5, 0.6) is 5.75 Å². The number of aromatic amines is 1. The summed E-state index contributed by atoms with van der Waals surface area (Å²) in [6.45, 7) is 2.95. The lowest BCUT2D eigenvalue weighted by atomic mass is 9.93. The number of aliphatic hydroxyl groups excluding tert-OH is 3. The van der Waals surface area contributed by atoms with Crippen molar-refractivity contribution >= 4 is 75.8 Å². The number of amides is 9. The van der Waals surface area contributed by atoms with Crippen molar-refractivity contribution in [3.05, 3.63) is 23.8 Å². The number of hydrogen-bond acceptors (Lipinski definition) is 16. The fourth-order valence-corrected chi connectivity index (χ4v) is 9.59. The highest BCUT2D eigenvalue weighted by Crippen LogP contribution is 2.34. The lowest BCUT2D eigenvalue weighted by Crippen LogP contribution is -2.62. The minimum atomic E-state index is -1.75. The van der Waals surface area contributed by atoms with Gasteiger partial charge in [0.05, 0.1) is 62.1 Å². The normalized spacial score (nSPS) is 25.8. The van der Waals surface area contributed by atoms with Crippen molar-refractivity contribution in [1.82, 2.24) is 47.1 Å². The molecule has 1 fully saturated rings. The van der Waals surface area contributed by atoms with Crippen LogP contribution in [0.4, 0.5) is 0 Å². The number of fused-ring (bicyclic) bond motifs is 5. The maximum absolute atomic E-state index is 14.6. The zero-order valence-corrected chi connectivity index (χ0v) is 40.8. The molecule has 0 aliphatic carbocycles. The molecule has 0 spiro atoms. The molecule has 25 nitrogen and oxygen atoms in total. The van der Waals surface area contributed by atoms with Gasteiger partial charge in [-0.2, -0.15) is 0 Å². The van der Waals surface area contributed by atoms with Crippen LogP contribution in [0.25, 0.3) is 10.9 Å². The van der Waals surface area contributed by atoms with E-state index in [9.17, 15) is 58.5 Å². The predicted octanol–water partition coefficient (Wildman–Crippen LogP) is -3.81. The minimum Gasteiger partial charge on any atom is -0.494 e. The second kappa shape index (κ2) is 26.4. The second-order valence-corrected chi connectivity index (χ2v) is 19.1. The summed E-state index contributed by atoms with van der Waals surface area (Å²) in [5.41, 5.74) is 6.45. The number of thioether (sulfide) groups is 1. The number of hydrogen-bond donors (Lipinski definition) is 13. The molecule has 1 saturated heterocycles. The van der Waals surface area contributed by atoms with Crippen LogP contribution < -0.4 is 53.6 Å². The third-order valence-corrected chi connectivity index (χ3v) is 13.9. The molecule has 0 saturated carbocycles. The number of carbonyl (C=O) groups excluding carboxylic acids is 9. The van der Waals surface area contributed by atoms with E-state index in [0.717, 1.165) is 42.3 Å². The molecule has 71 heavy (non-hydrogen) atoms. The van der Waals surface area contributed by atoms with Gasteiger partial charge in [-0.25, -0.2) is 5.90 Å². The Morgan fingerprint density at radius 2 is 1.54 bits per heavy atom. The summed E-state index contributed by atoms with van der Waals surface area (Å²) >= 11 is 1.00. The van der Waals surface area contributed by atoms with Gasteiger partial charge in [-0.05, 0) is 42.9 Å². The number of H-pyrrole nitrogens is 1. The lowest BCUT2D eigenvalue weighted by molar-refractivity contribution is -0.144. The fraction of sp³-hybridized carbons (Fsp3) is 0.622. The number of carbonyl (C=O) groups is 9. The maximum Gasteiger partial charge on any atom is 0.246 e. The zero-order valence-electron chi connectivity index (χ0n) is 40.0. The number of nitrogens with two attached hydrogens (primary N) is 2. The molecule has 2 bridgehead atoms. The van der Waals surface area contributed by atoms with Crippen molar-refractivity contribution in [1.29, 1.82) is 0 Å². The summed E-state index contributed by atoms with van der Waals surface area (Å²) in [5, 5.41) is 50.3. The van der Waals surface area contributed by atoms with Crippen LogP contribution >= 0.6 is 11.8 Å². The van der Waals surface area contributed by atoms with Crippen LogP contribution in [-0.4, -0.2) is 172 Å². The van der Waals surface area contributed by atoms with E-state index in [1.807, 2.05) is 0 Å². The van der Waals surface area contributed by atoms with Gasteiger partial charge in [0.15, 0.2) is 0 Å². The molecule has 1 aromatic carbocycles. The number of nitrogens with zero attached hydrogens (tertiary/aromatic N) is 1. The minimum absolute atomic E-state index is 0.289. The topological polar surface area (TPSA) is 388 Å². The number of ether oxygens (including phenoxy) is 1. The van der Waals surface area contributed by atoms with Gasteiger partial charge in [0.2, 0.25) is 53.2 Å². The Kier molecular flexibility index (Phi) is 20.8. The third-order valence-electron chi connectivity index (χ3n) is 12.8. The number of aliphatic hydroxyl groups is 3. The molecule has 392 valence electrons. The number of benzene rings is 1. The van der Waals surface area contributed by atoms with Crippen molar-refractivity contribution < 1.29 is 68.0 Å². The molecule has 26 heteroatoms. The number of aromatic nitrogens is 1. The molecule has 5 rings (SSSR count). The van der Waals surface area contributed by atoms with E-state index in [0.29, 0.717) is 46.9 Å².